The molecule has 0 aromatic heterocycles. The molecule has 0 aliphatic carbocycles. The Hall–Kier alpha value is -1.42. The highest BCUT2D eigenvalue weighted by atomic mass is 16.7. The van der Waals surface area contributed by atoms with Crippen molar-refractivity contribution in [3.63, 3.8) is 0 Å². The van der Waals surface area contributed by atoms with Gasteiger partial charge >= 0.3 is 0 Å². The average molecular weight is 249 g/mol. The first kappa shape index (κ1) is 11.7. The number of piperidine rings is 1. The molecule has 1 atom stereocenters. The van der Waals surface area contributed by atoms with Crippen molar-refractivity contribution in [2.24, 2.45) is 0 Å². The van der Waals surface area contributed by atoms with Crippen LogP contribution in [0, 0.1) is 0 Å². The van der Waals surface area contributed by atoms with Crippen molar-refractivity contribution in [1.29, 1.82) is 0 Å². The van der Waals surface area contributed by atoms with Gasteiger partial charge in [-0.2, -0.15) is 0 Å². The van der Waals surface area contributed by atoms with Gasteiger partial charge in [-0.15, -0.1) is 0 Å². The molecule has 1 fully saturated rings. The Morgan fingerprint density at radius 2 is 2.28 bits per heavy atom. The Kier molecular flexibility index (Phi) is 3.28. The summed E-state index contributed by atoms with van der Waals surface area (Å²) in [6.45, 7) is 1.42. The number of ether oxygens (including phenoxy) is 3. The molecule has 4 nitrogen and oxygen atoms in total. The van der Waals surface area contributed by atoms with Crippen molar-refractivity contribution in [1.82, 2.24) is 5.32 Å². The summed E-state index contributed by atoms with van der Waals surface area (Å²) in [7, 11) is 1.67. The van der Waals surface area contributed by atoms with Crippen LogP contribution in [-0.4, -0.2) is 26.5 Å². The summed E-state index contributed by atoms with van der Waals surface area (Å²) in [5.74, 6) is 2.31. The van der Waals surface area contributed by atoms with E-state index in [0.29, 0.717) is 6.04 Å². The normalized spacial score (nSPS) is 21.9. The standard InChI is InChI=1S/C14H19NO3/c1-16-12-7-10(6-11-4-2-3-5-15-11)8-13-14(12)18-9-17-13/h7-8,11,15H,2-6,9H2,1H3. The molecule has 18 heavy (non-hydrogen) atoms. The number of hydrogen-bond donors (Lipinski definition) is 1. The third-order valence-electron chi connectivity index (χ3n) is 3.61. The number of methoxy groups -OCH3 is 1. The summed E-state index contributed by atoms with van der Waals surface area (Å²) in [6, 6.07) is 4.70. The molecule has 2 aliphatic heterocycles. The predicted molar refractivity (Wildman–Crippen MR) is 68.5 cm³/mol. The van der Waals surface area contributed by atoms with Crippen LogP contribution in [0.4, 0.5) is 0 Å². The summed E-state index contributed by atoms with van der Waals surface area (Å²) in [6.07, 6.45) is 4.88. The van der Waals surface area contributed by atoms with Gasteiger partial charge in [0.25, 0.3) is 0 Å². The van der Waals surface area contributed by atoms with Crippen molar-refractivity contribution in [2.75, 3.05) is 20.4 Å². The Labute approximate surface area is 107 Å². The van der Waals surface area contributed by atoms with Gasteiger partial charge in [-0.3, -0.25) is 0 Å². The SMILES string of the molecule is COc1cc(CC2CCCCN2)cc2c1OCO2. The highest BCUT2D eigenvalue weighted by molar-refractivity contribution is 5.55. The second-order valence-corrected chi connectivity index (χ2v) is 4.88. The van der Waals surface area contributed by atoms with Crippen LogP contribution in [0.5, 0.6) is 17.2 Å². The van der Waals surface area contributed by atoms with Crippen molar-refractivity contribution in [2.45, 2.75) is 31.7 Å². The second kappa shape index (κ2) is 5.06. The van der Waals surface area contributed by atoms with E-state index < -0.39 is 0 Å². The summed E-state index contributed by atoms with van der Waals surface area (Å²) < 4.78 is 16.2. The van der Waals surface area contributed by atoms with E-state index in [9.17, 15) is 0 Å². The molecule has 1 N–H and O–H groups in total. The van der Waals surface area contributed by atoms with Gasteiger partial charge in [-0.1, -0.05) is 6.42 Å². The van der Waals surface area contributed by atoms with E-state index >= 15 is 0 Å². The van der Waals surface area contributed by atoms with Crippen LogP contribution in [0.15, 0.2) is 12.1 Å². The van der Waals surface area contributed by atoms with Crippen molar-refractivity contribution < 1.29 is 14.2 Å². The molecule has 1 aromatic rings. The first-order valence-electron chi connectivity index (χ1n) is 6.56. The number of rotatable bonds is 3. The van der Waals surface area contributed by atoms with Crippen LogP contribution < -0.4 is 19.5 Å². The Bertz CT molecular complexity index is 427. The molecule has 0 spiro atoms. The smallest absolute Gasteiger partial charge is 0.231 e. The van der Waals surface area contributed by atoms with E-state index in [2.05, 4.69) is 17.4 Å². The lowest BCUT2D eigenvalue weighted by Crippen LogP contribution is -2.35. The minimum Gasteiger partial charge on any atom is -0.493 e. The van der Waals surface area contributed by atoms with Gasteiger partial charge < -0.3 is 19.5 Å². The molecule has 3 rings (SSSR count). The Morgan fingerprint density at radius 3 is 3.06 bits per heavy atom. The van der Waals surface area contributed by atoms with Crippen LogP contribution in [0.1, 0.15) is 24.8 Å². The predicted octanol–water partition coefficient (Wildman–Crippen LogP) is 2.11. The van der Waals surface area contributed by atoms with E-state index in [1.165, 1.54) is 24.8 Å². The highest BCUT2D eigenvalue weighted by Gasteiger charge is 2.21. The first-order valence-corrected chi connectivity index (χ1v) is 6.56. The zero-order chi connectivity index (χ0) is 12.4. The zero-order valence-electron chi connectivity index (χ0n) is 10.7. The maximum absolute atomic E-state index is 5.45. The highest BCUT2D eigenvalue weighted by Crippen LogP contribution is 2.42. The van der Waals surface area contributed by atoms with Gasteiger partial charge in [0.1, 0.15) is 0 Å². The van der Waals surface area contributed by atoms with Crippen LogP contribution in [0.3, 0.4) is 0 Å². The summed E-state index contributed by atoms with van der Waals surface area (Å²) >= 11 is 0. The number of nitrogens with one attached hydrogen (secondary N) is 1. The van der Waals surface area contributed by atoms with Crippen LogP contribution in [0.25, 0.3) is 0 Å². The molecule has 1 saturated heterocycles. The second-order valence-electron chi connectivity index (χ2n) is 4.88. The van der Waals surface area contributed by atoms with E-state index in [1.807, 2.05) is 0 Å². The average Bonchev–Trinajstić information content (AvgIpc) is 2.87. The minimum atomic E-state index is 0.289. The monoisotopic (exact) mass is 249 g/mol. The largest absolute Gasteiger partial charge is 0.493 e. The minimum absolute atomic E-state index is 0.289. The molecule has 2 aliphatic rings. The van der Waals surface area contributed by atoms with Crippen molar-refractivity contribution in [3.05, 3.63) is 17.7 Å². The van der Waals surface area contributed by atoms with Gasteiger partial charge in [0.05, 0.1) is 7.11 Å². The molecule has 0 radical (unpaired) electrons. The number of benzene rings is 1. The summed E-state index contributed by atoms with van der Waals surface area (Å²) in [5.41, 5.74) is 1.25. The van der Waals surface area contributed by atoms with Gasteiger partial charge in [-0.25, -0.2) is 0 Å². The van der Waals surface area contributed by atoms with Crippen LogP contribution in [0.2, 0.25) is 0 Å². The van der Waals surface area contributed by atoms with Gasteiger partial charge in [0.2, 0.25) is 12.5 Å². The van der Waals surface area contributed by atoms with Gasteiger partial charge in [-0.05, 0) is 43.5 Å². The number of fused-ring (bicyclic) bond motifs is 1. The van der Waals surface area contributed by atoms with E-state index in [1.54, 1.807) is 7.11 Å². The molecule has 0 amide bonds. The molecule has 1 unspecified atom stereocenters. The Morgan fingerprint density at radius 1 is 1.33 bits per heavy atom. The van der Waals surface area contributed by atoms with E-state index in [-0.39, 0.29) is 6.79 Å². The lowest BCUT2D eigenvalue weighted by Gasteiger charge is -2.23. The Balaban J connectivity index is 1.79. The lowest BCUT2D eigenvalue weighted by molar-refractivity contribution is 0.171. The summed E-state index contributed by atoms with van der Waals surface area (Å²) in [4.78, 5) is 0. The summed E-state index contributed by atoms with van der Waals surface area (Å²) in [5, 5.41) is 3.56. The number of hydrogen-bond acceptors (Lipinski definition) is 4. The molecule has 4 heteroatoms. The third kappa shape index (κ3) is 2.25. The lowest BCUT2D eigenvalue weighted by atomic mass is 9.97. The topological polar surface area (TPSA) is 39.7 Å². The molecular weight excluding hydrogens is 230 g/mol. The fraction of sp³-hybridized carbons (Fsp3) is 0.571. The van der Waals surface area contributed by atoms with E-state index in [4.69, 9.17) is 14.2 Å². The fourth-order valence-electron chi connectivity index (χ4n) is 2.68. The quantitative estimate of drug-likeness (QED) is 0.890. The zero-order valence-corrected chi connectivity index (χ0v) is 10.7. The maximum atomic E-state index is 5.45. The maximum Gasteiger partial charge on any atom is 0.231 e. The molecular formula is C14H19NO3. The molecule has 1 aromatic carbocycles. The van der Waals surface area contributed by atoms with Crippen LogP contribution in [-0.2, 0) is 6.42 Å². The molecule has 2 heterocycles. The van der Waals surface area contributed by atoms with Crippen molar-refractivity contribution in [3.8, 4) is 17.2 Å². The molecule has 0 bridgehead atoms. The molecule has 98 valence electrons. The third-order valence-corrected chi connectivity index (χ3v) is 3.61. The van der Waals surface area contributed by atoms with Gasteiger partial charge in [0, 0.05) is 6.04 Å². The van der Waals surface area contributed by atoms with E-state index in [0.717, 1.165) is 30.2 Å². The first-order chi connectivity index (χ1) is 8.86. The van der Waals surface area contributed by atoms with Gasteiger partial charge in [0.15, 0.2) is 11.5 Å². The van der Waals surface area contributed by atoms with Crippen molar-refractivity contribution >= 4 is 0 Å². The molecule has 0 saturated carbocycles. The fourth-order valence-corrected chi connectivity index (χ4v) is 2.68. The van der Waals surface area contributed by atoms with Crippen LogP contribution >= 0.6 is 0 Å².